The Morgan fingerprint density at radius 2 is 2.07 bits per heavy atom. The molecular formula is C21H23N7O. The number of anilines is 2. The van der Waals surface area contributed by atoms with Crippen LogP contribution in [0.25, 0.3) is 0 Å². The molecule has 0 spiro atoms. The molecule has 29 heavy (non-hydrogen) atoms. The van der Waals surface area contributed by atoms with E-state index in [0.717, 1.165) is 43.0 Å². The molecule has 0 radical (unpaired) electrons. The highest BCUT2D eigenvalue weighted by atomic mass is 16.1. The molecule has 8 heteroatoms. The van der Waals surface area contributed by atoms with Crippen LogP contribution in [0, 0.1) is 6.92 Å². The number of nitrogens with one attached hydrogen (secondary N) is 3. The van der Waals surface area contributed by atoms with E-state index < -0.39 is 0 Å². The summed E-state index contributed by atoms with van der Waals surface area (Å²) in [5, 5.41) is 13.1. The maximum Gasteiger partial charge on any atom is 0.256 e. The van der Waals surface area contributed by atoms with Crippen LogP contribution in [-0.4, -0.2) is 37.5 Å². The van der Waals surface area contributed by atoms with Crippen LogP contribution in [0.15, 0.2) is 36.5 Å². The number of amides is 1. The van der Waals surface area contributed by atoms with Gasteiger partial charge in [-0.15, -0.1) is 0 Å². The second kappa shape index (κ2) is 7.29. The molecule has 4 bridgehead atoms. The zero-order valence-corrected chi connectivity index (χ0v) is 16.3. The Morgan fingerprint density at radius 1 is 1.17 bits per heavy atom. The minimum Gasteiger partial charge on any atom is -0.348 e. The Morgan fingerprint density at radius 3 is 3.00 bits per heavy atom. The van der Waals surface area contributed by atoms with E-state index >= 15 is 0 Å². The Balaban J connectivity index is 1.59. The molecule has 4 heterocycles. The third-order valence-corrected chi connectivity index (χ3v) is 5.50. The molecule has 148 valence electrons. The van der Waals surface area contributed by atoms with Gasteiger partial charge in [0.25, 0.3) is 5.91 Å². The summed E-state index contributed by atoms with van der Waals surface area (Å²) in [5.74, 6) is 1.82. The fourth-order valence-corrected chi connectivity index (χ4v) is 4.14. The van der Waals surface area contributed by atoms with Gasteiger partial charge in [0.15, 0.2) is 0 Å². The number of carbonyl (C=O) groups excluding carboxylic acids is 1. The molecule has 3 N–H and O–H groups in total. The smallest absolute Gasteiger partial charge is 0.256 e. The van der Waals surface area contributed by atoms with Gasteiger partial charge in [-0.2, -0.15) is 5.10 Å². The van der Waals surface area contributed by atoms with Crippen LogP contribution in [0.3, 0.4) is 0 Å². The van der Waals surface area contributed by atoms with E-state index in [0.29, 0.717) is 23.7 Å². The molecule has 8 nitrogen and oxygen atoms in total. The molecule has 1 unspecified atom stereocenters. The number of hydrogen-bond acceptors (Lipinski definition) is 6. The zero-order chi connectivity index (χ0) is 19.8. The number of carbonyl (C=O) groups is 1. The Kier molecular flexibility index (Phi) is 4.48. The fraction of sp³-hybridized carbons (Fsp3) is 0.333. The van der Waals surface area contributed by atoms with Crippen LogP contribution in [-0.2, 0) is 13.1 Å². The van der Waals surface area contributed by atoms with Crippen molar-refractivity contribution in [1.82, 2.24) is 30.4 Å². The predicted octanol–water partition coefficient (Wildman–Crippen LogP) is 2.83. The lowest BCUT2D eigenvalue weighted by molar-refractivity contribution is 0.0952. The Hall–Kier alpha value is -3.26. The summed E-state index contributed by atoms with van der Waals surface area (Å²) >= 11 is 0. The first-order chi connectivity index (χ1) is 14.2. The molecule has 2 aliphatic rings. The van der Waals surface area contributed by atoms with Gasteiger partial charge >= 0.3 is 0 Å². The number of nitrogens with zero attached hydrogens (tertiary/aromatic N) is 4. The van der Waals surface area contributed by atoms with Crippen LogP contribution >= 0.6 is 0 Å². The summed E-state index contributed by atoms with van der Waals surface area (Å²) < 4.78 is 0. The number of aromatic nitrogens is 4. The minimum atomic E-state index is -0.187. The topological polar surface area (TPSA) is 98.8 Å². The van der Waals surface area contributed by atoms with Gasteiger partial charge in [-0.25, -0.2) is 9.97 Å². The lowest BCUT2D eigenvalue weighted by Crippen LogP contribution is -2.25. The molecule has 0 saturated carbocycles. The molecule has 2 aromatic heterocycles. The van der Waals surface area contributed by atoms with Gasteiger partial charge in [0, 0.05) is 24.8 Å². The Bertz CT molecular complexity index is 1060. The van der Waals surface area contributed by atoms with Crippen molar-refractivity contribution < 1.29 is 4.79 Å². The van der Waals surface area contributed by atoms with Crippen molar-refractivity contribution in [2.75, 3.05) is 11.9 Å². The molecule has 3 aromatic rings. The molecule has 5 rings (SSSR count). The molecule has 1 amide bonds. The molecule has 1 fully saturated rings. The highest BCUT2D eigenvalue weighted by Gasteiger charge is 2.29. The van der Waals surface area contributed by atoms with Crippen LogP contribution in [0.4, 0.5) is 11.6 Å². The lowest BCUT2D eigenvalue weighted by Gasteiger charge is -2.24. The van der Waals surface area contributed by atoms with Crippen LogP contribution in [0.1, 0.15) is 51.9 Å². The number of fused-ring (bicyclic) bond motifs is 7. The van der Waals surface area contributed by atoms with Crippen LogP contribution in [0.5, 0.6) is 0 Å². The molecule has 1 atom stereocenters. The third-order valence-electron chi connectivity index (χ3n) is 5.50. The average Bonchev–Trinajstić information content (AvgIpc) is 3.35. The first kappa shape index (κ1) is 17.8. The quantitative estimate of drug-likeness (QED) is 0.547. The molecule has 0 aliphatic carbocycles. The number of hydrogen-bond donors (Lipinski definition) is 3. The monoisotopic (exact) mass is 389 g/mol. The van der Waals surface area contributed by atoms with E-state index in [1.165, 1.54) is 11.8 Å². The number of benzene rings is 1. The van der Waals surface area contributed by atoms with Crippen molar-refractivity contribution in [2.24, 2.45) is 0 Å². The van der Waals surface area contributed by atoms with Gasteiger partial charge < -0.3 is 10.6 Å². The van der Waals surface area contributed by atoms with Crippen LogP contribution < -0.4 is 10.6 Å². The van der Waals surface area contributed by atoms with Gasteiger partial charge in [-0.3, -0.25) is 14.8 Å². The standard InChI is InChI=1S/C21H23N7O/c1-13-8-18-25-19-16(11-23-27-19)21(29)22-10-14-4-2-5-15(9-14)12-28-7-3-6-17(28)20(24-13)26-18/h2,4-5,8-9,11,17H,3,6-7,10,12H2,1H3,(H,22,29)(H2,23,24,25,26,27). The van der Waals surface area contributed by atoms with Crippen molar-refractivity contribution >= 4 is 17.5 Å². The number of aromatic amines is 1. The van der Waals surface area contributed by atoms with Gasteiger partial charge in [-0.1, -0.05) is 24.3 Å². The van der Waals surface area contributed by atoms with Gasteiger partial charge in [0.1, 0.15) is 23.0 Å². The number of rotatable bonds is 0. The summed E-state index contributed by atoms with van der Waals surface area (Å²) in [5.41, 5.74) is 3.65. The highest BCUT2D eigenvalue weighted by molar-refractivity contribution is 5.99. The normalized spacial score (nSPS) is 19.3. The highest BCUT2D eigenvalue weighted by Crippen LogP contribution is 2.32. The number of aryl methyl sites for hydroxylation is 1. The molecule has 1 saturated heterocycles. The summed E-state index contributed by atoms with van der Waals surface area (Å²) in [7, 11) is 0. The third kappa shape index (κ3) is 3.58. The van der Waals surface area contributed by atoms with Crippen molar-refractivity contribution in [3.05, 3.63) is 64.7 Å². The fourth-order valence-electron chi connectivity index (χ4n) is 4.14. The van der Waals surface area contributed by atoms with Crippen molar-refractivity contribution in [3.8, 4) is 0 Å². The van der Waals surface area contributed by atoms with Crippen molar-refractivity contribution in [3.63, 3.8) is 0 Å². The first-order valence-corrected chi connectivity index (χ1v) is 9.92. The van der Waals surface area contributed by atoms with Gasteiger partial charge in [-0.05, 0) is 37.4 Å². The second-order valence-electron chi connectivity index (χ2n) is 7.67. The Labute approximate surface area is 168 Å². The maximum absolute atomic E-state index is 12.7. The van der Waals surface area contributed by atoms with Gasteiger partial charge in [0.05, 0.1) is 12.2 Å². The molecule has 1 aromatic carbocycles. The van der Waals surface area contributed by atoms with E-state index in [1.807, 2.05) is 25.1 Å². The average molecular weight is 389 g/mol. The molecular weight excluding hydrogens is 366 g/mol. The lowest BCUT2D eigenvalue weighted by atomic mass is 10.1. The summed E-state index contributed by atoms with van der Waals surface area (Å²) in [6, 6.07) is 10.4. The zero-order valence-electron chi connectivity index (χ0n) is 16.3. The van der Waals surface area contributed by atoms with E-state index in [2.05, 4.69) is 37.9 Å². The van der Waals surface area contributed by atoms with E-state index in [-0.39, 0.29) is 11.9 Å². The summed E-state index contributed by atoms with van der Waals surface area (Å²) in [6.45, 7) is 4.30. The van der Waals surface area contributed by atoms with E-state index in [4.69, 9.17) is 9.97 Å². The molecule has 2 aliphatic heterocycles. The SMILES string of the molecule is Cc1cc2nc(n1)C1CCCN1Cc1cccc(c1)CNC(=O)c1cn[nH]c1N2. The summed E-state index contributed by atoms with van der Waals surface area (Å²) in [4.78, 5) is 24.6. The van der Waals surface area contributed by atoms with Crippen molar-refractivity contribution in [2.45, 2.75) is 38.9 Å². The van der Waals surface area contributed by atoms with Crippen LogP contribution in [0.2, 0.25) is 0 Å². The van der Waals surface area contributed by atoms with E-state index in [1.54, 1.807) is 0 Å². The largest absolute Gasteiger partial charge is 0.348 e. The second-order valence-corrected chi connectivity index (χ2v) is 7.67. The first-order valence-electron chi connectivity index (χ1n) is 9.92. The predicted molar refractivity (Wildman–Crippen MR) is 109 cm³/mol. The number of H-pyrrole nitrogens is 1. The van der Waals surface area contributed by atoms with E-state index in [9.17, 15) is 4.79 Å². The maximum atomic E-state index is 12.7. The summed E-state index contributed by atoms with van der Waals surface area (Å²) in [6.07, 6.45) is 3.70. The van der Waals surface area contributed by atoms with Crippen molar-refractivity contribution in [1.29, 1.82) is 0 Å². The minimum absolute atomic E-state index is 0.185. The van der Waals surface area contributed by atoms with Gasteiger partial charge in [0.2, 0.25) is 0 Å².